The molecule has 5 aliphatic rings. The van der Waals surface area contributed by atoms with Crippen LogP contribution in [0.25, 0.3) is 0 Å². The summed E-state index contributed by atoms with van der Waals surface area (Å²) >= 11 is 0. The van der Waals surface area contributed by atoms with E-state index in [0.717, 1.165) is 88.1 Å². The van der Waals surface area contributed by atoms with Crippen molar-refractivity contribution in [3.8, 4) is 23.0 Å². The number of amides is 6. The molecule has 21 nitrogen and oxygen atoms in total. The number of hydrogen-bond acceptors (Lipinski definition) is 17. The molecule has 3 fully saturated rings. The van der Waals surface area contributed by atoms with E-state index in [1.165, 1.54) is 38.7 Å². The van der Waals surface area contributed by atoms with E-state index < -0.39 is 35.5 Å². The molecule has 0 spiro atoms. The number of nitrogens with zero attached hydrogens (tertiary/aromatic N) is 7. The summed E-state index contributed by atoms with van der Waals surface area (Å²) in [6, 6.07) is 42.3. The lowest BCUT2D eigenvalue weighted by Gasteiger charge is -2.39. The van der Waals surface area contributed by atoms with Gasteiger partial charge in [0.1, 0.15) is 11.2 Å². The van der Waals surface area contributed by atoms with Crippen LogP contribution in [0.3, 0.4) is 0 Å². The van der Waals surface area contributed by atoms with Gasteiger partial charge in [-0.3, -0.25) is 38.8 Å². The summed E-state index contributed by atoms with van der Waals surface area (Å²) in [5.41, 5.74) is 6.09. The van der Waals surface area contributed by atoms with Crippen LogP contribution in [0.2, 0.25) is 0 Å². The van der Waals surface area contributed by atoms with Gasteiger partial charge in [0.05, 0.1) is 74.2 Å². The van der Waals surface area contributed by atoms with E-state index in [1.54, 1.807) is 80.5 Å². The Kier molecular flexibility index (Phi) is 27.5. The fourth-order valence-electron chi connectivity index (χ4n) is 13.5. The molecule has 5 aliphatic heterocycles. The third kappa shape index (κ3) is 19.4. The van der Waals surface area contributed by atoms with Gasteiger partial charge < -0.3 is 53.2 Å². The Morgan fingerprint density at radius 1 is 0.495 bits per heavy atom. The molecular weight excluding hydrogens is 1300 g/mol. The average Bonchev–Trinajstić information content (AvgIpc) is 1.60. The van der Waals surface area contributed by atoms with Gasteiger partial charge in [-0.2, -0.15) is 0 Å². The summed E-state index contributed by atoms with van der Waals surface area (Å²) in [6.07, 6.45) is 3.50. The van der Waals surface area contributed by atoms with Crippen molar-refractivity contribution in [3.05, 3.63) is 178 Å². The molecule has 0 aliphatic carbocycles. The molecule has 1 N–H and O–H groups in total. The molecule has 6 aromatic rings. The highest BCUT2D eigenvalue weighted by molar-refractivity contribution is 6.25. The van der Waals surface area contributed by atoms with Crippen molar-refractivity contribution in [3.63, 3.8) is 0 Å². The highest BCUT2D eigenvalue weighted by atomic mass is 35.5. The van der Waals surface area contributed by atoms with Crippen molar-refractivity contribution < 1.29 is 61.9 Å². The van der Waals surface area contributed by atoms with Gasteiger partial charge in [-0.15, -0.1) is 12.4 Å². The SMILES string of the molecule is C1CCOC1.COc1ccc([C@@H](CCCN(C)C(=O)OC(C)(C)C)N2C(=O)c3cccc(N4CCN([C@H](C)c5ccccc5)CC4)c3C2=O)cc1OC.COc1ccc([C@@H](CCCNC(=O)OC(C)(C)C)N2C(=O)c3cccc(N4CCN([C@H](C)c5ccccc5)CC4)c3C2=O)cc1OC.Cl. The number of ether oxygens (including phenoxy) is 7. The van der Waals surface area contributed by atoms with E-state index in [1.807, 2.05) is 81.4 Å². The lowest BCUT2D eigenvalue weighted by atomic mass is 9.99. The topological polar surface area (TPSA) is 202 Å². The van der Waals surface area contributed by atoms with Crippen LogP contribution in [0, 0.1) is 0 Å². The van der Waals surface area contributed by atoms with Crippen molar-refractivity contribution in [2.24, 2.45) is 0 Å². The lowest BCUT2D eigenvalue weighted by molar-refractivity contribution is 0.0287. The summed E-state index contributed by atoms with van der Waals surface area (Å²) < 4.78 is 37.9. The first-order chi connectivity index (χ1) is 47.9. The fourth-order valence-corrected chi connectivity index (χ4v) is 13.5. The molecule has 6 aromatic carbocycles. The Morgan fingerprint density at radius 2 is 0.901 bits per heavy atom. The summed E-state index contributed by atoms with van der Waals surface area (Å²) in [6.45, 7) is 24.4. The van der Waals surface area contributed by atoms with Crippen LogP contribution < -0.4 is 34.1 Å². The number of imide groups is 2. The van der Waals surface area contributed by atoms with Crippen LogP contribution in [0.1, 0.15) is 182 Å². The number of rotatable bonds is 22. The summed E-state index contributed by atoms with van der Waals surface area (Å²) in [4.78, 5) is 95.5. The first kappa shape index (κ1) is 77.8. The van der Waals surface area contributed by atoms with Crippen molar-refractivity contribution in [1.29, 1.82) is 0 Å². The summed E-state index contributed by atoms with van der Waals surface area (Å²) in [5, 5.41) is 2.79. The van der Waals surface area contributed by atoms with Crippen molar-refractivity contribution in [2.75, 3.05) is 124 Å². The Labute approximate surface area is 602 Å². The smallest absolute Gasteiger partial charge is 0.410 e. The van der Waals surface area contributed by atoms with Crippen molar-refractivity contribution in [1.82, 2.24) is 29.8 Å². The van der Waals surface area contributed by atoms with E-state index in [4.69, 9.17) is 33.2 Å². The van der Waals surface area contributed by atoms with Crippen molar-refractivity contribution >= 4 is 59.6 Å². The molecule has 0 unspecified atom stereocenters. The van der Waals surface area contributed by atoms with Gasteiger partial charge in [-0.05, 0) is 165 Å². The molecular formula is C79H103ClN8O13. The van der Waals surface area contributed by atoms with Crippen LogP contribution >= 0.6 is 12.4 Å². The average molecular weight is 1410 g/mol. The Balaban J connectivity index is 0.000000237. The molecule has 11 rings (SSSR count). The molecule has 5 heterocycles. The number of hydrogen-bond donors (Lipinski definition) is 1. The number of fused-ring (bicyclic) bond motifs is 2. The number of anilines is 2. The number of nitrogens with one attached hydrogen (secondary N) is 1. The molecule has 0 radical (unpaired) electrons. The highest BCUT2D eigenvalue weighted by Crippen LogP contribution is 2.43. The molecule has 0 bridgehead atoms. The molecule has 0 saturated carbocycles. The van der Waals surface area contributed by atoms with Crippen LogP contribution in [0.4, 0.5) is 21.0 Å². The summed E-state index contributed by atoms with van der Waals surface area (Å²) in [7, 11) is 7.92. The van der Waals surface area contributed by atoms with Crippen LogP contribution in [-0.4, -0.2) is 186 Å². The van der Waals surface area contributed by atoms with Gasteiger partial charge in [-0.25, -0.2) is 9.59 Å². The number of halogens is 1. The van der Waals surface area contributed by atoms with Crippen LogP contribution in [-0.2, 0) is 14.2 Å². The first-order valence-corrected chi connectivity index (χ1v) is 35.0. The van der Waals surface area contributed by atoms with E-state index in [-0.39, 0.29) is 48.1 Å². The van der Waals surface area contributed by atoms with Gasteiger partial charge in [0.15, 0.2) is 23.0 Å². The lowest BCUT2D eigenvalue weighted by Crippen LogP contribution is -2.47. The van der Waals surface area contributed by atoms with E-state index >= 15 is 0 Å². The molecule has 6 amide bonds. The Morgan fingerprint density at radius 3 is 1.28 bits per heavy atom. The van der Waals surface area contributed by atoms with Gasteiger partial charge in [0.2, 0.25) is 0 Å². The number of piperazine rings is 2. The molecule has 22 heteroatoms. The predicted octanol–water partition coefficient (Wildman–Crippen LogP) is 14.0. The van der Waals surface area contributed by atoms with Gasteiger partial charge in [-0.1, -0.05) is 84.9 Å². The summed E-state index contributed by atoms with van der Waals surface area (Å²) in [5.74, 6) is 0.817. The third-order valence-corrected chi connectivity index (χ3v) is 18.9. The number of methoxy groups -OCH3 is 4. The van der Waals surface area contributed by atoms with Crippen molar-refractivity contribution in [2.45, 2.75) is 129 Å². The van der Waals surface area contributed by atoms with E-state index in [0.29, 0.717) is 84.0 Å². The Hall–Kier alpha value is -8.89. The monoisotopic (exact) mass is 1410 g/mol. The number of alkyl carbamates (subject to hydrolysis) is 1. The zero-order valence-electron chi connectivity index (χ0n) is 61.1. The zero-order valence-corrected chi connectivity index (χ0v) is 61.9. The number of carbonyl (C=O) groups is 6. The molecule has 3 saturated heterocycles. The molecule has 101 heavy (non-hydrogen) atoms. The molecule has 0 aromatic heterocycles. The maximum atomic E-state index is 14.4. The number of carbonyl (C=O) groups excluding carboxylic acids is 6. The van der Waals surface area contributed by atoms with Gasteiger partial charge in [0, 0.05) is 97.8 Å². The minimum Gasteiger partial charge on any atom is -0.493 e. The van der Waals surface area contributed by atoms with Gasteiger partial charge >= 0.3 is 12.2 Å². The highest BCUT2D eigenvalue weighted by Gasteiger charge is 2.45. The minimum atomic E-state index is -0.614. The largest absolute Gasteiger partial charge is 0.493 e. The normalized spacial score (nSPS) is 16.6. The minimum absolute atomic E-state index is 0. The standard InChI is InChI=1S/C38H48N4O6.C37H46N4O6.C4H8O.ClH/c1-26(27-13-9-8-10-14-27)40-21-23-41(24-22-40)31-16-11-15-29-34(31)36(44)42(35(29)43)30(28-18-19-32(46-6)33(25-28)47-7)17-12-20-39(5)37(45)48-38(2,3)4;1-25(26-12-8-7-9-13-26)39-20-22-40(23-21-39)30-15-10-14-28-33(30)35(43)41(34(28)42)29(16-11-19-38-36(44)47-37(2,3)4)27-17-18-31(45-5)32(24-27)46-6;1-2-4-5-3-1;/h8-11,13-16,18-19,25-26,30H,12,17,20-24H2,1-7H3;7-10,12-15,17-18,24-25,29H,11,16,19-23H2,1-6H3,(H,38,44);1-4H2;1H/t26-,30-;25-,29-;;/m11../s1. The van der Waals surface area contributed by atoms with Crippen LogP contribution in [0.5, 0.6) is 23.0 Å². The maximum absolute atomic E-state index is 14.4. The second kappa shape index (κ2) is 35.6. The Bertz CT molecular complexity index is 3760. The maximum Gasteiger partial charge on any atom is 0.410 e. The predicted molar refractivity (Wildman–Crippen MR) is 395 cm³/mol. The van der Waals surface area contributed by atoms with Gasteiger partial charge in [0.25, 0.3) is 23.6 Å². The first-order valence-electron chi connectivity index (χ1n) is 35.0. The fraction of sp³-hybridized carbons (Fsp3) is 0.468. The zero-order chi connectivity index (χ0) is 71.8. The molecule has 4 atom stereocenters. The number of benzene rings is 6. The third-order valence-electron chi connectivity index (χ3n) is 18.9. The quantitative estimate of drug-likeness (QED) is 0.0496. The van der Waals surface area contributed by atoms with E-state index in [2.05, 4.69) is 87.3 Å². The second-order valence-corrected chi connectivity index (χ2v) is 27.8. The molecule has 544 valence electrons. The second-order valence-electron chi connectivity index (χ2n) is 27.8. The van der Waals surface area contributed by atoms with E-state index in [9.17, 15) is 28.8 Å². The van der Waals surface area contributed by atoms with Crippen LogP contribution in [0.15, 0.2) is 133 Å².